The first-order valence-electron chi connectivity index (χ1n) is 24.3. The first-order chi connectivity index (χ1) is 36.2. The van der Waals surface area contributed by atoms with Crippen molar-refractivity contribution >= 4 is 105 Å². The van der Waals surface area contributed by atoms with Crippen molar-refractivity contribution in [3.8, 4) is 0 Å². The number of carbonyl (C=O) groups is 8. The number of carbonyl (C=O) groups excluding carboxylic acids is 8. The van der Waals surface area contributed by atoms with Crippen LogP contribution in [0.4, 0.5) is 0 Å². The highest BCUT2D eigenvalue weighted by atomic mass is 33.1. The van der Waals surface area contributed by atoms with E-state index in [2.05, 4.69) is 111 Å². The first kappa shape index (κ1) is 95.4. The molecule has 0 heterocycles. The van der Waals surface area contributed by atoms with E-state index in [9.17, 15) is 38.4 Å². The van der Waals surface area contributed by atoms with Crippen LogP contribution in [-0.2, 0) is 38.4 Å². The third-order valence-corrected chi connectivity index (χ3v) is 11.8. The molecule has 0 fully saturated rings. The van der Waals surface area contributed by atoms with Crippen LogP contribution in [0.25, 0.3) is 0 Å². The molecular formula is C50H105BN12O10S4. The van der Waals surface area contributed by atoms with E-state index >= 15 is 0 Å². The van der Waals surface area contributed by atoms with Crippen molar-refractivity contribution in [2.45, 2.75) is 124 Å². The van der Waals surface area contributed by atoms with Gasteiger partial charge in [-0.15, -0.1) is 11.8 Å². The Balaban J connectivity index is -0.0000000867. The maximum Gasteiger partial charge on any atom is 0.488 e. The van der Waals surface area contributed by atoms with Gasteiger partial charge in [0.25, 0.3) is 0 Å². The van der Waals surface area contributed by atoms with Gasteiger partial charge in [0, 0.05) is 81.3 Å². The van der Waals surface area contributed by atoms with Crippen LogP contribution in [0.2, 0.25) is 0 Å². The van der Waals surface area contributed by atoms with E-state index in [1.54, 1.807) is 66.6 Å². The molecule has 4 amide bonds. The number of amides is 4. The number of thiol groups is 1. The average Bonchev–Trinajstić information content (AvgIpc) is 3.40. The minimum Gasteiger partial charge on any atom is -0.423 e. The van der Waals surface area contributed by atoms with Gasteiger partial charge in [-0.05, 0) is 87.8 Å². The van der Waals surface area contributed by atoms with Crippen molar-refractivity contribution in [3.63, 3.8) is 0 Å². The third-order valence-electron chi connectivity index (χ3n) is 7.89. The normalized spacial score (nSPS) is 10.3. The second kappa shape index (κ2) is 74.1. The predicted molar refractivity (Wildman–Crippen MR) is 334 cm³/mol. The summed E-state index contributed by atoms with van der Waals surface area (Å²) in [6, 6.07) is 15.2. The minimum atomic E-state index is -1.35. The number of benzene rings is 2. The summed E-state index contributed by atoms with van der Waals surface area (Å²) in [6.45, 7) is 16.8. The summed E-state index contributed by atoms with van der Waals surface area (Å²) in [5, 5.41) is 29.3. The van der Waals surface area contributed by atoms with Crippen LogP contribution in [0.3, 0.4) is 0 Å². The molecule has 0 spiro atoms. The monoisotopic (exact) mass is 1170 g/mol. The summed E-state index contributed by atoms with van der Waals surface area (Å²) in [6.07, 6.45) is 2.31. The zero-order chi connectivity index (χ0) is 63.1. The van der Waals surface area contributed by atoms with Crippen molar-refractivity contribution in [1.82, 2.24) is 21.3 Å². The molecule has 77 heavy (non-hydrogen) atoms. The van der Waals surface area contributed by atoms with Crippen LogP contribution in [0, 0.1) is 13.8 Å². The maximum atomic E-state index is 11.5. The van der Waals surface area contributed by atoms with Gasteiger partial charge in [0.2, 0.25) is 23.6 Å². The Morgan fingerprint density at radius 3 is 0.883 bits per heavy atom. The lowest BCUT2D eigenvalue weighted by Crippen LogP contribution is -2.36. The first-order valence-corrected chi connectivity index (χ1v) is 28.4. The number of Topliss-reactive ketones (excluding diaryl/α,β-unsaturated/α-hetero) is 4. The number of nitrogens with one attached hydrogen (secondary N) is 4. The molecule has 0 saturated carbocycles. The summed E-state index contributed by atoms with van der Waals surface area (Å²) in [5.74, 6) is 2.51. The van der Waals surface area contributed by atoms with Gasteiger partial charge in [0.15, 0.2) is 0 Å². The van der Waals surface area contributed by atoms with Crippen molar-refractivity contribution in [3.05, 3.63) is 59.7 Å². The van der Waals surface area contributed by atoms with Crippen LogP contribution in [-0.4, -0.2) is 167 Å². The zero-order valence-corrected chi connectivity index (χ0v) is 53.0. The van der Waals surface area contributed by atoms with Gasteiger partial charge >= 0.3 is 7.12 Å². The van der Waals surface area contributed by atoms with Crippen LogP contribution >= 0.6 is 46.0 Å². The molecule has 452 valence electrons. The van der Waals surface area contributed by atoms with E-state index in [1.165, 1.54) is 66.3 Å². The Bertz CT molecular complexity index is 1600. The quantitative estimate of drug-likeness (QED) is 0.0252. The number of nitrogens with two attached hydrogens (primary N) is 8. The SMILES string of the molecule is CC(N)=O.CC(N)=O.CC(N)=O.CC(N)=O.CCC(=O)[C@H](CS)NC.CCC(=O)[C@H](CSSC[C@H](NC)C(=O)CC)NC.CCC(=O)[C@H](CSc1ccc(C)cc1)NC.CN.CN.CN.CN.Cc1ccc(B(O)O)cc1. The molecule has 27 heteroatoms. The van der Waals surface area contributed by atoms with Gasteiger partial charge in [-0.3, -0.25) is 38.4 Å². The molecule has 4 atom stereocenters. The van der Waals surface area contributed by atoms with Crippen molar-refractivity contribution in [2.24, 2.45) is 45.9 Å². The number of likely N-dealkylation sites (N-methyl/N-ethyl adjacent to an activating group) is 4. The van der Waals surface area contributed by atoms with E-state index in [4.69, 9.17) is 10.0 Å². The van der Waals surface area contributed by atoms with Crippen molar-refractivity contribution in [1.29, 1.82) is 0 Å². The number of primary amides is 4. The molecule has 0 aliphatic heterocycles. The highest BCUT2D eigenvalue weighted by molar-refractivity contribution is 8.76. The molecule has 0 aliphatic carbocycles. The molecule has 0 bridgehead atoms. The molecule has 2 rings (SSSR count). The highest BCUT2D eigenvalue weighted by Crippen LogP contribution is 2.24. The standard InChI is InChI=1S/C13H19NOS.C12H24N2O2S2.C7H9BO2.C6H13NOS.4C2H5NO.4CH5N/c1-4-13(15)12(14-3)9-16-11-7-5-10(2)6-8-11;1-5-11(15)9(13-3)7-17-18-8-10(14-4)12(16)6-2;1-6-2-4-7(5-3-6)8(9)10;1-3-6(8)5(4-9)7-2;4*1-2(3)4;4*1-2/h5-8,12,14H,4,9H2,1-3H3;9-10,13-14H,5-8H2,1-4H3;2-5,9-10H,1H3;5,7,9H,3-4H2,1-2H3;4*1H3,(H2,3,4);4*2H2,1H3/t12-;9-,10-;;5-;;;;;;;;/m00.0......../s1. The summed E-state index contributed by atoms with van der Waals surface area (Å²) in [4.78, 5) is 83.6. The number of aryl methyl sites for hydroxylation is 2. The van der Waals surface area contributed by atoms with E-state index in [0.717, 1.165) is 22.8 Å². The molecule has 0 unspecified atom stereocenters. The van der Waals surface area contributed by atoms with Crippen LogP contribution in [0.15, 0.2) is 53.4 Å². The second-order valence-corrected chi connectivity index (χ2v) is 18.3. The fraction of sp³-hybridized carbons (Fsp3) is 0.600. The second-order valence-electron chi connectivity index (χ2n) is 14.2. The smallest absolute Gasteiger partial charge is 0.423 e. The van der Waals surface area contributed by atoms with Gasteiger partial charge in [-0.2, -0.15) is 12.6 Å². The van der Waals surface area contributed by atoms with Gasteiger partial charge in [-0.1, -0.05) is 96.8 Å². The van der Waals surface area contributed by atoms with E-state index < -0.39 is 7.12 Å². The number of thioether (sulfide) groups is 1. The average molecular weight is 1170 g/mol. The summed E-state index contributed by atoms with van der Waals surface area (Å²) >= 11 is 5.73. The van der Waals surface area contributed by atoms with Gasteiger partial charge in [0.1, 0.15) is 23.1 Å². The third kappa shape index (κ3) is 81.1. The van der Waals surface area contributed by atoms with Crippen molar-refractivity contribution < 1.29 is 48.4 Å². The van der Waals surface area contributed by atoms with Crippen LogP contribution in [0.1, 0.15) is 92.2 Å². The zero-order valence-electron chi connectivity index (χ0n) is 49.6. The highest BCUT2D eigenvalue weighted by Gasteiger charge is 2.18. The molecule has 0 saturated heterocycles. The van der Waals surface area contributed by atoms with Gasteiger partial charge in [0.05, 0.1) is 24.2 Å². The van der Waals surface area contributed by atoms with Crippen molar-refractivity contribution in [2.75, 3.05) is 79.4 Å². The van der Waals surface area contributed by atoms with Crippen LogP contribution in [0.5, 0.6) is 0 Å². The predicted octanol–water partition coefficient (Wildman–Crippen LogP) is 0.580. The van der Waals surface area contributed by atoms with Gasteiger partial charge in [-0.25, -0.2) is 0 Å². The topological polar surface area (TPSA) is 433 Å². The van der Waals surface area contributed by atoms with E-state index in [1.807, 2.05) is 53.8 Å². The van der Waals surface area contributed by atoms with E-state index in [-0.39, 0.29) is 70.9 Å². The Morgan fingerprint density at radius 1 is 0.468 bits per heavy atom. The minimum absolute atomic E-state index is 0.0312. The molecule has 0 aliphatic rings. The summed E-state index contributed by atoms with van der Waals surface area (Å²) in [5.41, 5.74) is 38.8. The fourth-order valence-corrected chi connectivity index (χ4v) is 8.13. The maximum absolute atomic E-state index is 11.5. The van der Waals surface area contributed by atoms with Crippen LogP contribution < -0.4 is 72.6 Å². The largest absolute Gasteiger partial charge is 0.488 e. The summed E-state index contributed by atoms with van der Waals surface area (Å²) in [7, 11) is 15.2. The Hall–Kier alpha value is -3.94. The molecule has 22 nitrogen and oxygen atoms in total. The Labute approximate surface area is 481 Å². The molecule has 22 N–H and O–H groups in total. The molecule has 2 aromatic carbocycles. The molecule has 0 radical (unpaired) electrons. The molecular weight excluding hydrogens is 1070 g/mol. The number of hydrogen-bond acceptors (Lipinski definition) is 22. The number of rotatable bonds is 22. The Morgan fingerprint density at radius 2 is 0.688 bits per heavy atom. The lowest BCUT2D eigenvalue weighted by Gasteiger charge is -2.15. The molecule has 0 aromatic heterocycles. The molecule has 2 aromatic rings. The Kier molecular flexibility index (Phi) is 91.9. The fourth-order valence-electron chi connectivity index (χ4n) is 4.14. The lowest BCUT2D eigenvalue weighted by molar-refractivity contribution is -0.120. The summed E-state index contributed by atoms with van der Waals surface area (Å²) < 4.78 is 0. The van der Waals surface area contributed by atoms with E-state index in [0.29, 0.717) is 36.9 Å². The number of hydrogen-bond donors (Lipinski definition) is 15. The lowest BCUT2D eigenvalue weighted by atomic mass is 9.80. The number of ketones is 4. The van der Waals surface area contributed by atoms with Gasteiger partial charge < -0.3 is 77.2 Å².